The zero-order valence-corrected chi connectivity index (χ0v) is 11.2. The standard InChI is InChI=1S/C15H19N3O/c1-18(10-11-4-2-3-5-11)15(19)12-6-7-13-9-16-17-14(13)8-12/h6-9,11H,2-5,10H2,1H3,(H,16,17). The molecule has 0 saturated heterocycles. The normalized spacial score (nSPS) is 16.1. The van der Waals surface area contributed by atoms with E-state index >= 15 is 0 Å². The van der Waals surface area contributed by atoms with Gasteiger partial charge in [-0.1, -0.05) is 18.9 Å². The number of nitrogens with one attached hydrogen (secondary N) is 1. The number of amides is 1. The average Bonchev–Trinajstić information content (AvgIpc) is 3.07. The minimum absolute atomic E-state index is 0.100. The van der Waals surface area contributed by atoms with Crippen LogP contribution in [-0.4, -0.2) is 34.6 Å². The molecule has 1 aromatic heterocycles. The second kappa shape index (κ2) is 5.03. The number of hydrogen-bond acceptors (Lipinski definition) is 2. The van der Waals surface area contributed by atoms with E-state index in [2.05, 4.69) is 10.2 Å². The summed E-state index contributed by atoms with van der Waals surface area (Å²) >= 11 is 0. The fraction of sp³-hybridized carbons (Fsp3) is 0.467. The molecule has 0 aliphatic heterocycles. The summed E-state index contributed by atoms with van der Waals surface area (Å²) in [6.45, 7) is 0.875. The van der Waals surface area contributed by atoms with E-state index in [0.29, 0.717) is 5.92 Å². The molecule has 19 heavy (non-hydrogen) atoms. The molecule has 1 N–H and O–H groups in total. The molecular weight excluding hydrogens is 238 g/mol. The molecule has 4 heteroatoms. The van der Waals surface area contributed by atoms with Gasteiger partial charge in [-0.25, -0.2) is 0 Å². The summed E-state index contributed by atoms with van der Waals surface area (Å²) in [4.78, 5) is 14.2. The van der Waals surface area contributed by atoms with Crippen LogP contribution in [0.5, 0.6) is 0 Å². The predicted octanol–water partition coefficient (Wildman–Crippen LogP) is 2.83. The lowest BCUT2D eigenvalue weighted by Gasteiger charge is -2.21. The molecule has 0 bridgehead atoms. The summed E-state index contributed by atoms with van der Waals surface area (Å²) < 4.78 is 0. The van der Waals surface area contributed by atoms with Crippen LogP contribution in [0.4, 0.5) is 0 Å². The predicted molar refractivity (Wildman–Crippen MR) is 75.0 cm³/mol. The van der Waals surface area contributed by atoms with Gasteiger partial charge >= 0.3 is 0 Å². The summed E-state index contributed by atoms with van der Waals surface area (Å²) in [5.74, 6) is 0.785. The molecule has 1 aliphatic rings. The van der Waals surface area contributed by atoms with Crippen molar-refractivity contribution in [3.8, 4) is 0 Å². The monoisotopic (exact) mass is 257 g/mol. The number of aromatic amines is 1. The number of benzene rings is 1. The number of carbonyl (C=O) groups is 1. The number of rotatable bonds is 3. The summed E-state index contributed by atoms with van der Waals surface area (Å²) in [6, 6.07) is 5.70. The molecule has 3 rings (SSSR count). The van der Waals surface area contributed by atoms with Gasteiger partial charge in [0.1, 0.15) is 0 Å². The van der Waals surface area contributed by atoms with Gasteiger partial charge in [-0.2, -0.15) is 5.10 Å². The molecule has 1 aromatic carbocycles. The molecule has 0 atom stereocenters. The Morgan fingerprint density at radius 1 is 1.42 bits per heavy atom. The van der Waals surface area contributed by atoms with Gasteiger partial charge in [-0.05, 0) is 30.9 Å². The summed E-state index contributed by atoms with van der Waals surface area (Å²) in [5, 5.41) is 7.92. The first-order valence-electron chi connectivity index (χ1n) is 6.92. The fourth-order valence-electron chi connectivity index (χ4n) is 2.95. The van der Waals surface area contributed by atoms with Crippen LogP contribution in [0.15, 0.2) is 24.4 Å². The van der Waals surface area contributed by atoms with Crippen LogP contribution in [0.2, 0.25) is 0 Å². The van der Waals surface area contributed by atoms with Crippen molar-refractivity contribution in [3.05, 3.63) is 30.0 Å². The molecule has 1 amide bonds. The van der Waals surface area contributed by atoms with Crippen LogP contribution in [-0.2, 0) is 0 Å². The molecular formula is C15H19N3O. The third-order valence-corrected chi connectivity index (χ3v) is 4.04. The number of hydrogen-bond donors (Lipinski definition) is 1. The third kappa shape index (κ3) is 2.48. The smallest absolute Gasteiger partial charge is 0.253 e. The Hall–Kier alpha value is -1.84. The Kier molecular flexibility index (Phi) is 3.23. The number of aromatic nitrogens is 2. The summed E-state index contributed by atoms with van der Waals surface area (Å²) in [5.41, 5.74) is 1.65. The third-order valence-electron chi connectivity index (χ3n) is 4.04. The van der Waals surface area contributed by atoms with Gasteiger partial charge in [0.15, 0.2) is 0 Å². The lowest BCUT2D eigenvalue weighted by molar-refractivity contribution is 0.0773. The van der Waals surface area contributed by atoms with E-state index in [9.17, 15) is 4.79 Å². The molecule has 100 valence electrons. The van der Waals surface area contributed by atoms with Crippen LogP contribution >= 0.6 is 0 Å². The molecule has 1 saturated carbocycles. The molecule has 1 aliphatic carbocycles. The van der Waals surface area contributed by atoms with Gasteiger partial charge in [-0.3, -0.25) is 9.89 Å². The Morgan fingerprint density at radius 2 is 2.21 bits per heavy atom. The largest absolute Gasteiger partial charge is 0.341 e. The molecule has 0 spiro atoms. The van der Waals surface area contributed by atoms with Crippen LogP contribution in [0, 0.1) is 5.92 Å². The lowest BCUT2D eigenvalue weighted by atomic mass is 10.1. The second-order valence-corrected chi connectivity index (χ2v) is 5.51. The van der Waals surface area contributed by atoms with E-state index in [1.165, 1.54) is 25.7 Å². The van der Waals surface area contributed by atoms with Crippen molar-refractivity contribution >= 4 is 16.8 Å². The van der Waals surface area contributed by atoms with Crippen LogP contribution in [0.3, 0.4) is 0 Å². The molecule has 4 nitrogen and oxygen atoms in total. The second-order valence-electron chi connectivity index (χ2n) is 5.51. The van der Waals surface area contributed by atoms with E-state index in [-0.39, 0.29) is 5.91 Å². The number of H-pyrrole nitrogens is 1. The highest BCUT2D eigenvalue weighted by Gasteiger charge is 2.20. The van der Waals surface area contributed by atoms with Crippen molar-refractivity contribution in [2.45, 2.75) is 25.7 Å². The van der Waals surface area contributed by atoms with Gasteiger partial charge in [0.2, 0.25) is 0 Å². The van der Waals surface area contributed by atoms with Crippen LogP contribution < -0.4 is 0 Å². The van der Waals surface area contributed by atoms with E-state index in [1.807, 2.05) is 30.1 Å². The zero-order chi connectivity index (χ0) is 13.2. The highest BCUT2D eigenvalue weighted by Crippen LogP contribution is 2.25. The van der Waals surface area contributed by atoms with Gasteiger partial charge in [0.25, 0.3) is 5.91 Å². The van der Waals surface area contributed by atoms with E-state index < -0.39 is 0 Å². The van der Waals surface area contributed by atoms with Crippen molar-refractivity contribution < 1.29 is 4.79 Å². The molecule has 2 aromatic rings. The quantitative estimate of drug-likeness (QED) is 0.919. The Labute approximate surface area is 112 Å². The average molecular weight is 257 g/mol. The van der Waals surface area contributed by atoms with Gasteiger partial charge in [-0.15, -0.1) is 0 Å². The van der Waals surface area contributed by atoms with Crippen molar-refractivity contribution in [1.82, 2.24) is 15.1 Å². The minimum Gasteiger partial charge on any atom is -0.341 e. The zero-order valence-electron chi connectivity index (χ0n) is 11.2. The minimum atomic E-state index is 0.100. The maximum absolute atomic E-state index is 12.4. The number of fused-ring (bicyclic) bond motifs is 1. The van der Waals surface area contributed by atoms with Gasteiger partial charge in [0.05, 0.1) is 11.7 Å². The molecule has 0 radical (unpaired) electrons. The van der Waals surface area contributed by atoms with Gasteiger partial charge < -0.3 is 4.90 Å². The Balaban J connectivity index is 1.74. The highest BCUT2D eigenvalue weighted by atomic mass is 16.2. The SMILES string of the molecule is CN(CC1CCCC1)C(=O)c1ccc2cn[nH]c2c1. The number of carbonyl (C=O) groups excluding carboxylic acids is 1. The van der Waals surface area contributed by atoms with E-state index in [4.69, 9.17) is 0 Å². The van der Waals surface area contributed by atoms with Crippen LogP contribution in [0.1, 0.15) is 36.0 Å². The van der Waals surface area contributed by atoms with Gasteiger partial charge in [0, 0.05) is 24.5 Å². The topological polar surface area (TPSA) is 49.0 Å². The maximum atomic E-state index is 12.4. The highest BCUT2D eigenvalue weighted by molar-refractivity contribution is 5.97. The number of nitrogens with zero attached hydrogens (tertiary/aromatic N) is 2. The maximum Gasteiger partial charge on any atom is 0.253 e. The van der Waals surface area contributed by atoms with Crippen molar-refractivity contribution in [1.29, 1.82) is 0 Å². The first-order valence-corrected chi connectivity index (χ1v) is 6.92. The van der Waals surface area contributed by atoms with Crippen LogP contribution in [0.25, 0.3) is 10.9 Å². The lowest BCUT2D eigenvalue weighted by Crippen LogP contribution is -2.31. The van der Waals surface area contributed by atoms with Crippen molar-refractivity contribution in [2.24, 2.45) is 5.92 Å². The fourth-order valence-corrected chi connectivity index (χ4v) is 2.95. The first kappa shape index (κ1) is 12.2. The first-order chi connectivity index (χ1) is 9.24. The Bertz CT molecular complexity index is 584. The summed E-state index contributed by atoms with van der Waals surface area (Å²) in [7, 11) is 1.90. The van der Waals surface area contributed by atoms with E-state index in [1.54, 1.807) is 6.20 Å². The molecule has 0 unspecified atom stereocenters. The Morgan fingerprint density at radius 3 is 3.00 bits per heavy atom. The molecule has 1 heterocycles. The molecule has 1 fully saturated rings. The summed E-state index contributed by atoms with van der Waals surface area (Å²) in [6.07, 6.45) is 6.92. The van der Waals surface area contributed by atoms with Crippen molar-refractivity contribution in [2.75, 3.05) is 13.6 Å². The van der Waals surface area contributed by atoms with Crippen molar-refractivity contribution in [3.63, 3.8) is 0 Å². The van der Waals surface area contributed by atoms with E-state index in [0.717, 1.165) is 23.0 Å².